The minimum Gasteiger partial charge on any atom is -0.389 e. The molecule has 5 nitrogen and oxygen atoms in total. The summed E-state index contributed by atoms with van der Waals surface area (Å²) in [5.74, 6) is 1.46. The predicted molar refractivity (Wildman–Crippen MR) is 79.5 cm³/mol. The lowest BCUT2D eigenvalue weighted by atomic mass is 9.88. The van der Waals surface area contributed by atoms with Crippen LogP contribution >= 0.6 is 0 Å². The number of hydrogen-bond acceptors (Lipinski definition) is 4. The van der Waals surface area contributed by atoms with Gasteiger partial charge in [0.2, 0.25) is 0 Å². The molecule has 1 fully saturated rings. The molecular weight excluding hydrogens is 252 g/mol. The lowest BCUT2D eigenvalue weighted by Crippen LogP contribution is -2.46. The smallest absolute Gasteiger partial charge is 0.138 e. The van der Waals surface area contributed by atoms with Crippen molar-refractivity contribution < 1.29 is 5.11 Å². The number of rotatable bonds is 6. The summed E-state index contributed by atoms with van der Waals surface area (Å²) in [6, 6.07) is 0. The zero-order valence-electron chi connectivity index (χ0n) is 13.0. The highest BCUT2D eigenvalue weighted by Gasteiger charge is 2.33. The van der Waals surface area contributed by atoms with E-state index >= 15 is 0 Å². The van der Waals surface area contributed by atoms with Crippen molar-refractivity contribution >= 4 is 0 Å². The Balaban J connectivity index is 1.94. The molecule has 1 aromatic heterocycles. The predicted octanol–water partition coefficient (Wildman–Crippen LogP) is 1.71. The Morgan fingerprint density at radius 3 is 2.65 bits per heavy atom. The number of nitrogens with zero attached hydrogens (tertiary/aromatic N) is 4. The first-order valence-electron chi connectivity index (χ1n) is 7.84. The average Bonchev–Trinajstić information content (AvgIpc) is 2.79. The van der Waals surface area contributed by atoms with E-state index in [0.29, 0.717) is 12.3 Å². The van der Waals surface area contributed by atoms with Crippen LogP contribution in [0.4, 0.5) is 0 Å². The number of likely N-dealkylation sites (tertiary alicyclic amines) is 1. The minimum absolute atomic E-state index is 0.538. The summed E-state index contributed by atoms with van der Waals surface area (Å²) in [6.07, 6.45) is 5.08. The third kappa shape index (κ3) is 4.03. The van der Waals surface area contributed by atoms with E-state index in [0.717, 1.165) is 44.8 Å². The third-order valence-electron chi connectivity index (χ3n) is 4.05. The topological polar surface area (TPSA) is 54.2 Å². The van der Waals surface area contributed by atoms with Crippen LogP contribution in [0.2, 0.25) is 0 Å². The van der Waals surface area contributed by atoms with Crippen molar-refractivity contribution in [2.45, 2.75) is 58.6 Å². The van der Waals surface area contributed by atoms with Gasteiger partial charge in [0.05, 0.1) is 5.60 Å². The van der Waals surface area contributed by atoms with Crippen LogP contribution in [0.15, 0.2) is 6.33 Å². The van der Waals surface area contributed by atoms with Gasteiger partial charge in [0, 0.05) is 26.1 Å². The van der Waals surface area contributed by atoms with E-state index in [1.165, 1.54) is 6.42 Å². The Bertz CT molecular complexity index is 408. The quantitative estimate of drug-likeness (QED) is 0.862. The van der Waals surface area contributed by atoms with Gasteiger partial charge in [0.15, 0.2) is 0 Å². The highest BCUT2D eigenvalue weighted by molar-refractivity contribution is 4.97. The Hall–Kier alpha value is -0.940. The normalized spacial score (nSPS) is 19.6. The van der Waals surface area contributed by atoms with Crippen molar-refractivity contribution in [2.75, 3.05) is 19.6 Å². The highest BCUT2D eigenvalue weighted by atomic mass is 16.3. The molecule has 1 aromatic rings. The zero-order chi connectivity index (χ0) is 14.6. The molecule has 0 aliphatic carbocycles. The first kappa shape index (κ1) is 15.4. The molecule has 1 saturated heterocycles. The molecule has 1 aliphatic rings. The molecule has 1 N–H and O–H groups in total. The molecule has 0 bridgehead atoms. The summed E-state index contributed by atoms with van der Waals surface area (Å²) in [6.45, 7) is 10.5. The van der Waals surface area contributed by atoms with Crippen molar-refractivity contribution in [3.05, 3.63) is 12.2 Å². The van der Waals surface area contributed by atoms with E-state index < -0.39 is 5.60 Å². The molecular formula is C15H28N4O. The van der Waals surface area contributed by atoms with E-state index in [1.807, 2.05) is 4.68 Å². The van der Waals surface area contributed by atoms with Crippen molar-refractivity contribution in [2.24, 2.45) is 5.92 Å². The third-order valence-corrected chi connectivity index (χ3v) is 4.05. The number of piperidine rings is 1. The second-order valence-corrected chi connectivity index (χ2v) is 6.49. The monoisotopic (exact) mass is 280 g/mol. The molecule has 20 heavy (non-hydrogen) atoms. The van der Waals surface area contributed by atoms with Gasteiger partial charge in [-0.1, -0.05) is 20.8 Å². The molecule has 5 heteroatoms. The first-order chi connectivity index (χ1) is 9.52. The molecule has 0 atom stereocenters. The van der Waals surface area contributed by atoms with E-state index in [2.05, 4.69) is 35.8 Å². The molecule has 0 aromatic carbocycles. The number of aromatic nitrogens is 3. The summed E-state index contributed by atoms with van der Waals surface area (Å²) in [5.41, 5.74) is -0.605. The zero-order valence-corrected chi connectivity index (χ0v) is 13.0. The van der Waals surface area contributed by atoms with Gasteiger partial charge in [0.1, 0.15) is 12.2 Å². The van der Waals surface area contributed by atoms with Gasteiger partial charge in [-0.3, -0.25) is 0 Å². The van der Waals surface area contributed by atoms with Gasteiger partial charge < -0.3 is 10.0 Å². The summed E-state index contributed by atoms with van der Waals surface area (Å²) in [4.78, 5) is 6.78. The first-order valence-corrected chi connectivity index (χ1v) is 7.84. The summed E-state index contributed by atoms with van der Waals surface area (Å²) in [5, 5.41) is 15.1. The minimum atomic E-state index is -0.605. The molecule has 2 heterocycles. The van der Waals surface area contributed by atoms with Crippen LogP contribution < -0.4 is 0 Å². The Morgan fingerprint density at radius 2 is 2.05 bits per heavy atom. The van der Waals surface area contributed by atoms with Gasteiger partial charge in [-0.15, -0.1) is 0 Å². The van der Waals surface area contributed by atoms with Crippen LogP contribution in [0.25, 0.3) is 0 Å². The van der Waals surface area contributed by atoms with Crippen LogP contribution in [-0.2, 0) is 13.0 Å². The fourth-order valence-electron chi connectivity index (χ4n) is 2.90. The molecule has 0 spiro atoms. The van der Waals surface area contributed by atoms with E-state index in [-0.39, 0.29) is 0 Å². The van der Waals surface area contributed by atoms with E-state index in [1.54, 1.807) is 6.33 Å². The Labute approximate surface area is 122 Å². The van der Waals surface area contributed by atoms with Crippen LogP contribution in [-0.4, -0.2) is 50.0 Å². The SMILES string of the molecule is CCCN1CCC(O)(Cc2ncnn2CC(C)C)CC1. The maximum absolute atomic E-state index is 10.8. The van der Waals surface area contributed by atoms with Crippen molar-refractivity contribution in [1.82, 2.24) is 19.7 Å². The Kier molecular flexibility index (Phi) is 5.16. The van der Waals surface area contributed by atoms with Crippen LogP contribution in [0.1, 0.15) is 45.9 Å². The van der Waals surface area contributed by atoms with E-state index in [9.17, 15) is 5.11 Å². The van der Waals surface area contributed by atoms with Crippen LogP contribution in [0.3, 0.4) is 0 Å². The standard InChI is InChI=1S/C15H28N4O/c1-4-7-18-8-5-15(20,6-9-18)10-14-16-12-17-19(14)11-13(2)3/h12-13,20H,4-11H2,1-3H3. The van der Waals surface area contributed by atoms with Gasteiger partial charge in [0.25, 0.3) is 0 Å². The molecule has 114 valence electrons. The summed E-state index contributed by atoms with van der Waals surface area (Å²) >= 11 is 0. The van der Waals surface area contributed by atoms with Crippen molar-refractivity contribution in [1.29, 1.82) is 0 Å². The molecule has 2 rings (SSSR count). The number of aliphatic hydroxyl groups is 1. The average molecular weight is 280 g/mol. The van der Waals surface area contributed by atoms with E-state index in [4.69, 9.17) is 0 Å². The fourth-order valence-corrected chi connectivity index (χ4v) is 2.90. The maximum atomic E-state index is 10.8. The van der Waals surface area contributed by atoms with Crippen LogP contribution in [0, 0.1) is 5.92 Å². The maximum Gasteiger partial charge on any atom is 0.138 e. The van der Waals surface area contributed by atoms with Crippen molar-refractivity contribution in [3.63, 3.8) is 0 Å². The summed E-state index contributed by atoms with van der Waals surface area (Å²) < 4.78 is 1.95. The van der Waals surface area contributed by atoms with Gasteiger partial charge >= 0.3 is 0 Å². The second kappa shape index (κ2) is 6.68. The molecule has 0 unspecified atom stereocenters. The Morgan fingerprint density at radius 1 is 1.35 bits per heavy atom. The van der Waals surface area contributed by atoms with Gasteiger partial charge in [-0.25, -0.2) is 9.67 Å². The van der Waals surface area contributed by atoms with Gasteiger partial charge in [-0.05, 0) is 31.7 Å². The summed E-state index contributed by atoms with van der Waals surface area (Å²) in [7, 11) is 0. The molecule has 1 aliphatic heterocycles. The lowest BCUT2D eigenvalue weighted by molar-refractivity contribution is -0.0227. The fraction of sp³-hybridized carbons (Fsp3) is 0.867. The van der Waals surface area contributed by atoms with Gasteiger partial charge in [-0.2, -0.15) is 5.10 Å². The largest absolute Gasteiger partial charge is 0.389 e. The molecule has 0 radical (unpaired) electrons. The lowest BCUT2D eigenvalue weighted by Gasteiger charge is -2.38. The van der Waals surface area contributed by atoms with Crippen LogP contribution in [0.5, 0.6) is 0 Å². The second-order valence-electron chi connectivity index (χ2n) is 6.49. The van der Waals surface area contributed by atoms with Crippen molar-refractivity contribution in [3.8, 4) is 0 Å². The number of hydrogen-bond donors (Lipinski definition) is 1. The highest BCUT2D eigenvalue weighted by Crippen LogP contribution is 2.26. The molecule has 0 amide bonds. The molecule has 0 saturated carbocycles.